The summed E-state index contributed by atoms with van der Waals surface area (Å²) >= 11 is 5.75. The fourth-order valence-corrected chi connectivity index (χ4v) is 2.17. The van der Waals surface area contributed by atoms with E-state index >= 15 is 0 Å². The van der Waals surface area contributed by atoms with Gasteiger partial charge in [0.05, 0.1) is 5.02 Å². The molecule has 94 valence electrons. The minimum Gasteiger partial charge on any atom is -0.490 e. The van der Waals surface area contributed by atoms with Crippen LogP contribution in [0.1, 0.15) is 17.9 Å². The minimum absolute atomic E-state index is 0.0651. The molecule has 0 saturated heterocycles. The fourth-order valence-electron chi connectivity index (χ4n) is 2.00. The first-order chi connectivity index (χ1) is 8.17. The van der Waals surface area contributed by atoms with E-state index in [-0.39, 0.29) is 17.5 Å². The van der Waals surface area contributed by atoms with Crippen molar-refractivity contribution in [1.82, 2.24) is 0 Å². The van der Waals surface area contributed by atoms with Crippen LogP contribution in [-0.2, 0) is 0 Å². The topological polar surface area (TPSA) is 35.2 Å². The summed E-state index contributed by atoms with van der Waals surface area (Å²) in [6.07, 6.45) is 0.949. The zero-order valence-corrected chi connectivity index (χ0v) is 10.0. The third kappa shape index (κ3) is 2.69. The van der Waals surface area contributed by atoms with Gasteiger partial charge in [-0.15, -0.1) is 0 Å². The highest BCUT2D eigenvalue weighted by atomic mass is 35.5. The Kier molecular flexibility index (Phi) is 3.84. The van der Waals surface area contributed by atoms with Crippen molar-refractivity contribution in [3.63, 3.8) is 0 Å². The van der Waals surface area contributed by atoms with E-state index in [1.165, 1.54) is 6.07 Å². The summed E-state index contributed by atoms with van der Waals surface area (Å²) in [5.74, 6) is 0.483. The van der Waals surface area contributed by atoms with E-state index in [0.29, 0.717) is 18.2 Å². The van der Waals surface area contributed by atoms with E-state index < -0.39 is 12.5 Å². The van der Waals surface area contributed by atoms with Crippen LogP contribution in [0.5, 0.6) is 5.75 Å². The van der Waals surface area contributed by atoms with E-state index in [2.05, 4.69) is 0 Å². The van der Waals surface area contributed by atoms with Gasteiger partial charge in [0.15, 0.2) is 0 Å². The first-order valence-corrected chi connectivity index (χ1v) is 5.93. The molecule has 2 N–H and O–H groups in total. The molecule has 2 nitrogen and oxygen atoms in total. The molecule has 1 aromatic carbocycles. The summed E-state index contributed by atoms with van der Waals surface area (Å²) in [6, 6.07) is 2.78. The second-order valence-corrected chi connectivity index (χ2v) is 4.59. The number of benzene rings is 1. The number of hydrogen-bond acceptors (Lipinski definition) is 2. The van der Waals surface area contributed by atoms with Crippen LogP contribution in [0.25, 0.3) is 0 Å². The fraction of sp³-hybridized carbons (Fsp3) is 0.500. The van der Waals surface area contributed by atoms with Crippen molar-refractivity contribution in [2.75, 3.05) is 19.8 Å². The Balaban J connectivity index is 2.25. The normalized spacial score (nSPS) is 22.6. The molecule has 0 heterocycles. The first-order valence-electron chi connectivity index (χ1n) is 5.55. The molecule has 1 saturated carbocycles. The smallest absolute Gasteiger partial charge is 0.145 e. The predicted molar refractivity (Wildman–Crippen MR) is 62.8 cm³/mol. The molecule has 1 aliphatic rings. The Hall–Kier alpha value is -0.870. The maximum absolute atomic E-state index is 13.3. The van der Waals surface area contributed by atoms with Gasteiger partial charge in [-0.05, 0) is 36.4 Å². The number of rotatable bonds is 5. The highest BCUT2D eigenvalue weighted by Gasteiger charge is 2.39. The average Bonchev–Trinajstić information content (AvgIpc) is 3.09. The van der Waals surface area contributed by atoms with Gasteiger partial charge in [0, 0.05) is 6.07 Å². The Labute approximate surface area is 104 Å². The molecular formula is C12H14ClF2NO. The largest absolute Gasteiger partial charge is 0.490 e. The maximum atomic E-state index is 13.3. The van der Waals surface area contributed by atoms with Crippen molar-refractivity contribution in [2.24, 2.45) is 11.7 Å². The van der Waals surface area contributed by atoms with Crippen molar-refractivity contribution in [3.05, 3.63) is 28.5 Å². The number of halogens is 3. The zero-order chi connectivity index (χ0) is 12.4. The average molecular weight is 262 g/mol. The molecule has 2 atom stereocenters. The Morgan fingerprint density at radius 2 is 2.24 bits per heavy atom. The molecule has 1 fully saturated rings. The summed E-state index contributed by atoms with van der Waals surface area (Å²) < 4.78 is 30.6. The molecule has 2 unspecified atom stereocenters. The molecule has 0 aromatic heterocycles. The molecule has 0 radical (unpaired) electrons. The summed E-state index contributed by atoms with van der Waals surface area (Å²) in [5, 5.41) is 0.0651. The van der Waals surface area contributed by atoms with E-state index in [1.54, 1.807) is 6.07 Å². The molecule has 0 bridgehead atoms. The van der Waals surface area contributed by atoms with Gasteiger partial charge in [-0.1, -0.05) is 11.6 Å². The third-order valence-electron chi connectivity index (χ3n) is 3.01. The number of hydrogen-bond donors (Lipinski definition) is 1. The molecule has 0 aliphatic heterocycles. The van der Waals surface area contributed by atoms with Crippen LogP contribution in [0.15, 0.2) is 12.1 Å². The van der Waals surface area contributed by atoms with Gasteiger partial charge in [-0.2, -0.15) is 0 Å². The lowest BCUT2D eigenvalue weighted by Crippen LogP contribution is -2.05. The summed E-state index contributed by atoms with van der Waals surface area (Å²) in [7, 11) is 0. The molecule has 0 amide bonds. The van der Waals surface area contributed by atoms with Crippen molar-refractivity contribution in [3.8, 4) is 5.75 Å². The van der Waals surface area contributed by atoms with Crippen LogP contribution in [0, 0.1) is 11.7 Å². The van der Waals surface area contributed by atoms with Crippen LogP contribution >= 0.6 is 11.6 Å². The first kappa shape index (κ1) is 12.6. The van der Waals surface area contributed by atoms with Crippen molar-refractivity contribution < 1.29 is 13.5 Å². The van der Waals surface area contributed by atoms with Gasteiger partial charge in [0.25, 0.3) is 0 Å². The van der Waals surface area contributed by atoms with Gasteiger partial charge in [0.2, 0.25) is 0 Å². The number of ether oxygens (including phenoxy) is 1. The van der Waals surface area contributed by atoms with Crippen molar-refractivity contribution in [2.45, 2.75) is 12.3 Å². The van der Waals surface area contributed by atoms with E-state index in [1.807, 2.05) is 0 Å². The summed E-state index contributed by atoms with van der Waals surface area (Å²) in [4.78, 5) is 0. The van der Waals surface area contributed by atoms with Crippen molar-refractivity contribution >= 4 is 11.6 Å². The lowest BCUT2D eigenvalue weighted by Gasteiger charge is -2.11. The molecular weight excluding hydrogens is 248 g/mol. The maximum Gasteiger partial charge on any atom is 0.145 e. The molecule has 17 heavy (non-hydrogen) atoms. The number of alkyl halides is 1. The predicted octanol–water partition coefficient (Wildman–Crippen LogP) is 2.89. The van der Waals surface area contributed by atoms with E-state index in [0.717, 1.165) is 12.0 Å². The lowest BCUT2D eigenvalue weighted by molar-refractivity contribution is 0.270. The van der Waals surface area contributed by atoms with Crippen LogP contribution in [0.2, 0.25) is 5.02 Å². The highest BCUT2D eigenvalue weighted by molar-refractivity contribution is 6.30. The summed E-state index contributed by atoms with van der Waals surface area (Å²) in [6.45, 7) is -0.0923. The van der Waals surface area contributed by atoms with Crippen molar-refractivity contribution in [1.29, 1.82) is 0 Å². The summed E-state index contributed by atoms with van der Waals surface area (Å²) in [5.41, 5.74) is 6.41. The molecule has 0 spiro atoms. The monoisotopic (exact) mass is 261 g/mol. The molecule has 1 aliphatic carbocycles. The lowest BCUT2D eigenvalue weighted by atomic mass is 10.1. The van der Waals surface area contributed by atoms with E-state index in [9.17, 15) is 8.78 Å². The second-order valence-electron chi connectivity index (χ2n) is 4.18. The van der Waals surface area contributed by atoms with Gasteiger partial charge >= 0.3 is 0 Å². The Morgan fingerprint density at radius 1 is 1.47 bits per heavy atom. The van der Waals surface area contributed by atoms with Gasteiger partial charge in [-0.3, -0.25) is 0 Å². The van der Waals surface area contributed by atoms with Gasteiger partial charge in [-0.25, -0.2) is 8.78 Å². The SMILES string of the molecule is NCC1CC1c1cc(Cl)c(F)cc1OCCF. The van der Waals surface area contributed by atoms with Crippen LogP contribution < -0.4 is 10.5 Å². The van der Waals surface area contributed by atoms with Gasteiger partial charge in [0.1, 0.15) is 24.8 Å². The van der Waals surface area contributed by atoms with Gasteiger partial charge < -0.3 is 10.5 Å². The third-order valence-corrected chi connectivity index (χ3v) is 3.30. The Bertz CT molecular complexity index is 414. The van der Waals surface area contributed by atoms with E-state index in [4.69, 9.17) is 22.1 Å². The second kappa shape index (κ2) is 5.19. The van der Waals surface area contributed by atoms with Crippen LogP contribution in [0.4, 0.5) is 8.78 Å². The molecule has 2 rings (SSSR count). The zero-order valence-electron chi connectivity index (χ0n) is 9.26. The van der Waals surface area contributed by atoms with Crippen LogP contribution in [0.3, 0.4) is 0 Å². The van der Waals surface area contributed by atoms with Crippen LogP contribution in [-0.4, -0.2) is 19.8 Å². The quantitative estimate of drug-likeness (QED) is 0.885. The highest BCUT2D eigenvalue weighted by Crippen LogP contribution is 2.50. The minimum atomic E-state index is -0.603. The molecule has 1 aromatic rings. The number of nitrogens with two attached hydrogens (primary N) is 1. The standard InChI is InChI=1S/C12H14ClF2NO/c13-10-4-9(8-3-7(8)6-16)12(5-11(10)15)17-2-1-14/h4-5,7-8H,1-3,6,16H2. The Morgan fingerprint density at radius 3 is 2.82 bits per heavy atom. The molecule has 5 heteroatoms.